The van der Waals surface area contributed by atoms with E-state index in [-0.39, 0.29) is 0 Å². The maximum absolute atomic E-state index is 11.5. The van der Waals surface area contributed by atoms with Gasteiger partial charge in [0.15, 0.2) is 0 Å². The first kappa shape index (κ1) is 19.1. The molecule has 0 fully saturated rings. The Hall–Kier alpha value is -3.63. The van der Waals surface area contributed by atoms with Crippen molar-refractivity contribution < 1.29 is 9.53 Å². The number of nitriles is 1. The van der Waals surface area contributed by atoms with Crippen molar-refractivity contribution in [1.29, 1.82) is 5.26 Å². The Labute approximate surface area is 166 Å². The SMILES string of the molecule is CCOc1ccc(-c2csc(/C(C#N)=C/Nc3ccccc3C(N)=O)n2)cc1. The molecule has 7 heteroatoms. The van der Waals surface area contributed by atoms with E-state index in [1.54, 1.807) is 24.3 Å². The number of amides is 1. The van der Waals surface area contributed by atoms with Gasteiger partial charge in [-0.2, -0.15) is 5.26 Å². The van der Waals surface area contributed by atoms with Crippen molar-refractivity contribution in [2.75, 3.05) is 11.9 Å². The molecular formula is C21H18N4O2S. The van der Waals surface area contributed by atoms with Crippen molar-refractivity contribution in [2.24, 2.45) is 5.73 Å². The second-order valence-corrected chi connectivity index (χ2v) is 6.58. The van der Waals surface area contributed by atoms with Crippen LogP contribution in [0.3, 0.4) is 0 Å². The summed E-state index contributed by atoms with van der Waals surface area (Å²) in [6.45, 7) is 2.55. The van der Waals surface area contributed by atoms with E-state index in [2.05, 4.69) is 16.4 Å². The monoisotopic (exact) mass is 390 g/mol. The first-order valence-corrected chi connectivity index (χ1v) is 9.45. The van der Waals surface area contributed by atoms with Crippen LogP contribution in [0, 0.1) is 11.3 Å². The Bertz CT molecular complexity index is 1050. The van der Waals surface area contributed by atoms with Gasteiger partial charge in [-0.1, -0.05) is 12.1 Å². The molecule has 0 aliphatic rings. The molecule has 2 aromatic carbocycles. The number of allylic oxidation sites excluding steroid dienone is 1. The van der Waals surface area contributed by atoms with Crippen LogP contribution >= 0.6 is 11.3 Å². The molecule has 140 valence electrons. The Morgan fingerprint density at radius 3 is 2.71 bits per heavy atom. The van der Waals surface area contributed by atoms with E-state index in [9.17, 15) is 10.1 Å². The number of nitrogens with one attached hydrogen (secondary N) is 1. The highest BCUT2D eigenvalue weighted by atomic mass is 32.1. The van der Waals surface area contributed by atoms with Gasteiger partial charge in [-0.3, -0.25) is 4.79 Å². The molecule has 6 nitrogen and oxygen atoms in total. The topological polar surface area (TPSA) is 101 Å². The Morgan fingerprint density at radius 1 is 1.29 bits per heavy atom. The predicted octanol–water partition coefficient (Wildman–Crippen LogP) is 4.28. The highest BCUT2D eigenvalue weighted by Crippen LogP contribution is 2.27. The van der Waals surface area contributed by atoms with Gasteiger partial charge in [-0.25, -0.2) is 4.98 Å². The molecule has 1 amide bonds. The molecule has 0 bridgehead atoms. The van der Waals surface area contributed by atoms with E-state index < -0.39 is 5.91 Å². The number of rotatable bonds is 7. The van der Waals surface area contributed by atoms with E-state index in [4.69, 9.17) is 10.5 Å². The summed E-state index contributed by atoms with van der Waals surface area (Å²) in [5.41, 5.74) is 8.35. The fraction of sp³-hybridized carbons (Fsp3) is 0.0952. The van der Waals surface area contributed by atoms with Crippen molar-refractivity contribution in [3.05, 3.63) is 70.7 Å². The van der Waals surface area contributed by atoms with Crippen LogP contribution in [0.25, 0.3) is 16.8 Å². The lowest BCUT2D eigenvalue weighted by atomic mass is 10.1. The lowest BCUT2D eigenvalue weighted by Crippen LogP contribution is -2.13. The maximum atomic E-state index is 11.5. The molecule has 3 aromatic rings. The van der Waals surface area contributed by atoms with Crippen LogP contribution in [0.15, 0.2) is 60.1 Å². The highest BCUT2D eigenvalue weighted by Gasteiger charge is 2.11. The molecule has 0 atom stereocenters. The summed E-state index contributed by atoms with van der Waals surface area (Å²) in [7, 11) is 0. The molecule has 0 saturated carbocycles. The number of anilines is 1. The number of nitrogens with two attached hydrogens (primary N) is 1. The Morgan fingerprint density at radius 2 is 2.04 bits per heavy atom. The largest absolute Gasteiger partial charge is 0.494 e. The third kappa shape index (κ3) is 4.37. The van der Waals surface area contributed by atoms with Gasteiger partial charge in [0.2, 0.25) is 0 Å². The van der Waals surface area contributed by atoms with Gasteiger partial charge in [0.1, 0.15) is 22.4 Å². The summed E-state index contributed by atoms with van der Waals surface area (Å²) in [4.78, 5) is 16.1. The summed E-state index contributed by atoms with van der Waals surface area (Å²) in [5.74, 6) is 0.263. The number of para-hydroxylation sites is 1. The fourth-order valence-corrected chi connectivity index (χ4v) is 3.33. The Balaban J connectivity index is 1.82. The number of benzene rings is 2. The fourth-order valence-electron chi connectivity index (χ4n) is 2.53. The first-order chi connectivity index (χ1) is 13.6. The van der Waals surface area contributed by atoms with Gasteiger partial charge in [0.05, 0.1) is 23.6 Å². The van der Waals surface area contributed by atoms with Gasteiger partial charge in [-0.15, -0.1) is 11.3 Å². The first-order valence-electron chi connectivity index (χ1n) is 8.57. The van der Waals surface area contributed by atoms with Crippen LogP contribution in [-0.4, -0.2) is 17.5 Å². The maximum Gasteiger partial charge on any atom is 0.250 e. The van der Waals surface area contributed by atoms with Gasteiger partial charge in [0.25, 0.3) is 5.91 Å². The normalized spacial score (nSPS) is 10.9. The van der Waals surface area contributed by atoms with Crippen LogP contribution in [-0.2, 0) is 0 Å². The smallest absolute Gasteiger partial charge is 0.250 e. The molecule has 3 N–H and O–H groups in total. The molecule has 1 heterocycles. The zero-order chi connectivity index (χ0) is 19.9. The number of carbonyl (C=O) groups excluding carboxylic acids is 1. The second kappa shape index (κ2) is 8.84. The molecule has 1 aromatic heterocycles. The third-order valence-electron chi connectivity index (χ3n) is 3.88. The minimum Gasteiger partial charge on any atom is -0.494 e. The van der Waals surface area contributed by atoms with E-state index in [1.165, 1.54) is 17.5 Å². The van der Waals surface area contributed by atoms with Gasteiger partial charge in [0, 0.05) is 17.1 Å². The van der Waals surface area contributed by atoms with E-state index in [1.807, 2.05) is 36.6 Å². The molecular weight excluding hydrogens is 372 g/mol. The van der Waals surface area contributed by atoms with Gasteiger partial charge in [-0.05, 0) is 43.3 Å². The van der Waals surface area contributed by atoms with Crippen LogP contribution in [0.2, 0.25) is 0 Å². The predicted molar refractivity (Wildman–Crippen MR) is 111 cm³/mol. The Kier molecular flexibility index (Phi) is 6.04. The van der Waals surface area contributed by atoms with Gasteiger partial charge >= 0.3 is 0 Å². The summed E-state index contributed by atoms with van der Waals surface area (Å²) in [6.07, 6.45) is 1.53. The third-order valence-corrected chi connectivity index (χ3v) is 4.76. The van der Waals surface area contributed by atoms with Crippen molar-refractivity contribution in [2.45, 2.75) is 6.92 Å². The molecule has 0 aliphatic carbocycles. The van der Waals surface area contributed by atoms with E-state index in [0.717, 1.165) is 17.0 Å². The molecule has 3 rings (SSSR count). The van der Waals surface area contributed by atoms with Crippen LogP contribution in [0.1, 0.15) is 22.3 Å². The number of hydrogen-bond acceptors (Lipinski definition) is 6. The molecule has 0 radical (unpaired) electrons. The summed E-state index contributed by atoms with van der Waals surface area (Å²) < 4.78 is 5.45. The van der Waals surface area contributed by atoms with Gasteiger partial charge < -0.3 is 15.8 Å². The van der Waals surface area contributed by atoms with Crippen LogP contribution in [0.4, 0.5) is 5.69 Å². The van der Waals surface area contributed by atoms with E-state index in [0.29, 0.717) is 28.4 Å². The van der Waals surface area contributed by atoms with Crippen LogP contribution < -0.4 is 15.8 Å². The minimum atomic E-state index is -0.540. The number of primary amides is 1. The number of aromatic nitrogens is 1. The molecule has 0 saturated heterocycles. The number of carbonyl (C=O) groups is 1. The van der Waals surface area contributed by atoms with Crippen molar-refractivity contribution in [3.8, 4) is 23.1 Å². The molecule has 0 aliphatic heterocycles. The lowest BCUT2D eigenvalue weighted by Gasteiger charge is -2.06. The number of thiazole rings is 1. The zero-order valence-corrected chi connectivity index (χ0v) is 16.0. The average molecular weight is 390 g/mol. The lowest BCUT2D eigenvalue weighted by molar-refractivity contribution is 0.100. The van der Waals surface area contributed by atoms with Crippen LogP contribution in [0.5, 0.6) is 5.75 Å². The molecule has 28 heavy (non-hydrogen) atoms. The summed E-state index contributed by atoms with van der Waals surface area (Å²) in [5, 5.41) is 15.0. The number of hydrogen-bond donors (Lipinski definition) is 2. The van der Waals surface area contributed by atoms with Crippen molar-refractivity contribution >= 4 is 28.5 Å². The van der Waals surface area contributed by atoms with Crippen molar-refractivity contribution in [1.82, 2.24) is 4.98 Å². The van der Waals surface area contributed by atoms with E-state index >= 15 is 0 Å². The number of nitrogens with zero attached hydrogens (tertiary/aromatic N) is 2. The highest BCUT2D eigenvalue weighted by molar-refractivity contribution is 7.11. The number of ether oxygens (including phenoxy) is 1. The standard InChI is InChI=1S/C21H18N4O2S/c1-2-27-16-9-7-14(8-10-16)19-13-28-21(25-19)15(11-22)12-24-18-6-4-3-5-17(18)20(23)26/h3-10,12-13,24H,2H2,1H3,(H2,23,26)/b15-12+. The molecule has 0 unspecified atom stereocenters. The minimum absolute atomic E-state index is 0.352. The summed E-state index contributed by atoms with van der Waals surface area (Å²) >= 11 is 1.37. The molecule has 0 spiro atoms. The second-order valence-electron chi connectivity index (χ2n) is 5.72. The van der Waals surface area contributed by atoms with Crippen molar-refractivity contribution in [3.63, 3.8) is 0 Å². The zero-order valence-electron chi connectivity index (χ0n) is 15.2. The average Bonchev–Trinajstić information content (AvgIpc) is 3.19. The summed E-state index contributed by atoms with van der Waals surface area (Å²) in [6, 6.07) is 16.6. The quantitative estimate of drug-likeness (QED) is 0.586.